The summed E-state index contributed by atoms with van der Waals surface area (Å²) in [6.45, 7) is 2.01. The molecule has 1 rings (SSSR count). The Morgan fingerprint density at radius 3 is 2.25 bits per heavy atom. The molecular weight excluding hydrogens is 124 g/mol. The Labute approximate surface area is 49.8 Å². The van der Waals surface area contributed by atoms with Crippen LogP contribution in [0, 0.1) is 0 Å². The Bertz CT molecular complexity index is 169. The van der Waals surface area contributed by atoms with Crippen molar-refractivity contribution in [1.82, 2.24) is 0 Å². The average molecular weight is 134 g/mol. The lowest BCUT2D eigenvalue weighted by molar-refractivity contribution is 0.610. The summed E-state index contributed by atoms with van der Waals surface area (Å²) < 4.78 is 20.9. The van der Waals surface area contributed by atoms with E-state index in [2.05, 4.69) is 0 Å². The van der Waals surface area contributed by atoms with Crippen molar-refractivity contribution in [3.8, 4) is 0 Å². The highest BCUT2D eigenvalue weighted by Crippen LogP contribution is 2.25. The van der Waals surface area contributed by atoms with Crippen molar-refractivity contribution in [2.75, 3.05) is 5.75 Å². The van der Waals surface area contributed by atoms with Crippen LogP contribution in [0.15, 0.2) is 0 Å². The predicted octanol–water partition coefficient (Wildman–Crippen LogP) is 0.584. The van der Waals surface area contributed by atoms with Gasteiger partial charge in [-0.3, -0.25) is 0 Å². The fourth-order valence-corrected chi connectivity index (χ4v) is 2.34. The van der Waals surface area contributed by atoms with Crippen LogP contribution in [0.5, 0.6) is 0 Å². The van der Waals surface area contributed by atoms with E-state index in [-0.39, 0.29) is 5.25 Å². The summed E-state index contributed by atoms with van der Waals surface area (Å²) in [5.74, 6) is 0.445. The van der Waals surface area contributed by atoms with Crippen LogP contribution >= 0.6 is 0 Å². The SMILES string of the molecule is CCCC1CS1(=O)=O. The van der Waals surface area contributed by atoms with Crippen molar-refractivity contribution in [2.24, 2.45) is 0 Å². The standard InChI is InChI=1S/C5H10O2S/c1-2-3-5-4-8(5,6)7/h5H,2-4H2,1H3. The van der Waals surface area contributed by atoms with Crippen LogP contribution in [0.25, 0.3) is 0 Å². The quantitative estimate of drug-likeness (QED) is 0.518. The van der Waals surface area contributed by atoms with E-state index in [1.807, 2.05) is 6.92 Å². The molecule has 1 saturated heterocycles. The van der Waals surface area contributed by atoms with Crippen molar-refractivity contribution in [3.05, 3.63) is 0 Å². The second kappa shape index (κ2) is 1.72. The first kappa shape index (κ1) is 6.08. The van der Waals surface area contributed by atoms with Crippen LogP contribution in [0.3, 0.4) is 0 Å². The van der Waals surface area contributed by atoms with Crippen LogP contribution < -0.4 is 0 Å². The molecule has 1 aliphatic rings. The highest BCUT2D eigenvalue weighted by molar-refractivity contribution is 7.99. The monoisotopic (exact) mass is 134 g/mol. The molecule has 2 nitrogen and oxygen atoms in total. The Morgan fingerprint density at radius 2 is 2.12 bits per heavy atom. The largest absolute Gasteiger partial charge is 0.228 e. The molecule has 0 aromatic carbocycles. The third kappa shape index (κ3) is 1.02. The van der Waals surface area contributed by atoms with E-state index in [1.165, 1.54) is 0 Å². The Hall–Kier alpha value is -0.0500. The lowest BCUT2D eigenvalue weighted by atomic mass is 10.3. The van der Waals surface area contributed by atoms with Crippen LogP contribution in [0.2, 0.25) is 0 Å². The average Bonchev–Trinajstić information content (AvgIpc) is 2.15. The van der Waals surface area contributed by atoms with Gasteiger partial charge in [-0.15, -0.1) is 0 Å². The fraction of sp³-hybridized carbons (Fsp3) is 1.00. The summed E-state index contributed by atoms with van der Waals surface area (Å²) in [5, 5.41) is 0.0347. The highest BCUT2D eigenvalue weighted by atomic mass is 32.2. The van der Waals surface area contributed by atoms with E-state index in [9.17, 15) is 8.42 Å². The third-order valence-electron chi connectivity index (χ3n) is 1.42. The molecule has 0 amide bonds. The van der Waals surface area contributed by atoms with Crippen molar-refractivity contribution in [1.29, 1.82) is 0 Å². The van der Waals surface area contributed by atoms with Gasteiger partial charge in [0, 0.05) is 0 Å². The van der Waals surface area contributed by atoms with Gasteiger partial charge in [-0.05, 0) is 6.42 Å². The van der Waals surface area contributed by atoms with Crippen LogP contribution in [0.1, 0.15) is 19.8 Å². The maximum atomic E-state index is 10.5. The molecule has 0 saturated carbocycles. The zero-order chi connectivity index (χ0) is 6.20. The zero-order valence-electron chi connectivity index (χ0n) is 4.92. The van der Waals surface area contributed by atoms with E-state index in [1.54, 1.807) is 0 Å². The van der Waals surface area contributed by atoms with Crippen molar-refractivity contribution in [3.63, 3.8) is 0 Å². The number of rotatable bonds is 2. The van der Waals surface area contributed by atoms with Gasteiger partial charge in [0.2, 0.25) is 0 Å². The molecule has 3 heteroatoms. The molecule has 0 bridgehead atoms. The van der Waals surface area contributed by atoms with Gasteiger partial charge in [0.15, 0.2) is 9.84 Å². The minimum atomic E-state index is -2.52. The summed E-state index contributed by atoms with van der Waals surface area (Å²) in [5.41, 5.74) is 0. The summed E-state index contributed by atoms with van der Waals surface area (Å²) in [4.78, 5) is 0. The first-order chi connectivity index (χ1) is 3.67. The maximum Gasteiger partial charge on any atom is 0.155 e. The van der Waals surface area contributed by atoms with E-state index in [4.69, 9.17) is 0 Å². The second-order valence-electron chi connectivity index (χ2n) is 2.24. The van der Waals surface area contributed by atoms with Gasteiger partial charge < -0.3 is 0 Å². The zero-order valence-corrected chi connectivity index (χ0v) is 5.74. The van der Waals surface area contributed by atoms with Gasteiger partial charge in [0.25, 0.3) is 0 Å². The maximum absolute atomic E-state index is 10.5. The number of sulfone groups is 1. The predicted molar refractivity (Wildman–Crippen MR) is 32.5 cm³/mol. The molecule has 1 heterocycles. The fourth-order valence-electron chi connectivity index (χ4n) is 0.805. The van der Waals surface area contributed by atoms with E-state index < -0.39 is 9.84 Å². The molecule has 1 fully saturated rings. The molecule has 1 aliphatic heterocycles. The van der Waals surface area contributed by atoms with E-state index in [0.29, 0.717) is 5.75 Å². The van der Waals surface area contributed by atoms with E-state index >= 15 is 0 Å². The van der Waals surface area contributed by atoms with Crippen molar-refractivity contribution < 1.29 is 8.42 Å². The lowest BCUT2D eigenvalue weighted by Crippen LogP contribution is -1.84. The number of hydrogen-bond acceptors (Lipinski definition) is 2. The normalized spacial score (nSPS) is 32.4. The van der Waals surface area contributed by atoms with Crippen LogP contribution in [-0.2, 0) is 9.84 Å². The number of hydrogen-bond donors (Lipinski definition) is 0. The minimum absolute atomic E-state index is 0.0347. The smallest absolute Gasteiger partial charge is 0.155 e. The molecule has 0 aromatic heterocycles. The van der Waals surface area contributed by atoms with E-state index in [0.717, 1.165) is 12.8 Å². The molecular formula is C5H10O2S. The molecule has 0 N–H and O–H groups in total. The van der Waals surface area contributed by atoms with Gasteiger partial charge >= 0.3 is 0 Å². The first-order valence-electron chi connectivity index (χ1n) is 2.88. The first-order valence-corrected chi connectivity index (χ1v) is 4.60. The van der Waals surface area contributed by atoms with Gasteiger partial charge in [-0.2, -0.15) is 0 Å². The summed E-state index contributed by atoms with van der Waals surface area (Å²) in [7, 11) is -2.52. The molecule has 0 aliphatic carbocycles. The Balaban J connectivity index is 2.38. The van der Waals surface area contributed by atoms with Gasteiger partial charge in [0.05, 0.1) is 11.0 Å². The van der Waals surface area contributed by atoms with Gasteiger partial charge in [-0.1, -0.05) is 13.3 Å². The van der Waals surface area contributed by atoms with Gasteiger partial charge in [-0.25, -0.2) is 8.42 Å². The Kier molecular flexibility index (Phi) is 1.31. The summed E-state index contributed by atoms with van der Waals surface area (Å²) in [6, 6.07) is 0. The minimum Gasteiger partial charge on any atom is -0.228 e. The molecule has 48 valence electrons. The highest BCUT2D eigenvalue weighted by Gasteiger charge is 2.41. The summed E-state index contributed by atoms with van der Waals surface area (Å²) in [6.07, 6.45) is 1.85. The Morgan fingerprint density at radius 1 is 1.62 bits per heavy atom. The molecule has 1 atom stereocenters. The second-order valence-corrected chi connectivity index (χ2v) is 4.57. The molecule has 0 spiro atoms. The van der Waals surface area contributed by atoms with Crippen molar-refractivity contribution in [2.45, 2.75) is 25.0 Å². The van der Waals surface area contributed by atoms with Gasteiger partial charge in [0.1, 0.15) is 0 Å². The third-order valence-corrected chi connectivity index (χ3v) is 3.28. The van der Waals surface area contributed by atoms with Crippen LogP contribution in [0.4, 0.5) is 0 Å². The molecule has 0 radical (unpaired) electrons. The molecule has 1 unspecified atom stereocenters. The van der Waals surface area contributed by atoms with Crippen LogP contribution in [-0.4, -0.2) is 19.4 Å². The lowest BCUT2D eigenvalue weighted by Gasteiger charge is -1.81. The molecule has 8 heavy (non-hydrogen) atoms. The topological polar surface area (TPSA) is 34.1 Å². The molecule has 0 aromatic rings. The van der Waals surface area contributed by atoms with Crippen molar-refractivity contribution >= 4 is 9.84 Å². The summed E-state index contributed by atoms with van der Waals surface area (Å²) >= 11 is 0.